The van der Waals surface area contributed by atoms with Crippen molar-refractivity contribution in [2.24, 2.45) is 0 Å². The van der Waals surface area contributed by atoms with Gasteiger partial charge in [0.15, 0.2) is 0 Å². The Hall–Kier alpha value is -0.0400. The fourth-order valence-corrected chi connectivity index (χ4v) is 1.32. The Balaban J connectivity index is 1.85. The fraction of sp³-hybridized carbons (Fsp3) is 0.900. The lowest BCUT2D eigenvalue weighted by Crippen LogP contribution is -2.16. The number of nitrogens with zero attached hydrogens (tertiary/aromatic N) is 1. The van der Waals surface area contributed by atoms with Crippen molar-refractivity contribution in [3.63, 3.8) is 0 Å². The van der Waals surface area contributed by atoms with E-state index in [4.69, 9.17) is 0 Å². The summed E-state index contributed by atoms with van der Waals surface area (Å²) in [7, 11) is 2.21. The SMILES string of the molecule is CCCCC[CH]N(C)C1CC1. The molecule has 0 amide bonds. The lowest BCUT2D eigenvalue weighted by molar-refractivity contribution is 0.377. The van der Waals surface area contributed by atoms with E-state index in [1.54, 1.807) is 0 Å². The summed E-state index contributed by atoms with van der Waals surface area (Å²) in [6, 6.07) is 0.900. The van der Waals surface area contributed by atoms with Crippen LogP contribution in [-0.2, 0) is 0 Å². The topological polar surface area (TPSA) is 3.24 Å². The van der Waals surface area contributed by atoms with Crippen LogP contribution in [0.5, 0.6) is 0 Å². The zero-order valence-electron chi connectivity index (χ0n) is 7.84. The van der Waals surface area contributed by atoms with Crippen LogP contribution in [0.3, 0.4) is 0 Å². The van der Waals surface area contributed by atoms with Crippen molar-refractivity contribution in [3.8, 4) is 0 Å². The fourth-order valence-electron chi connectivity index (χ4n) is 1.32. The molecule has 1 fully saturated rings. The molecule has 11 heavy (non-hydrogen) atoms. The Bertz CT molecular complexity index is 97.0. The van der Waals surface area contributed by atoms with Crippen molar-refractivity contribution in [2.75, 3.05) is 7.05 Å². The van der Waals surface area contributed by atoms with Gasteiger partial charge in [-0.25, -0.2) is 0 Å². The van der Waals surface area contributed by atoms with Crippen LogP contribution in [0.4, 0.5) is 0 Å². The lowest BCUT2D eigenvalue weighted by Gasteiger charge is -2.13. The molecule has 65 valence electrons. The molecule has 1 saturated carbocycles. The third-order valence-corrected chi connectivity index (χ3v) is 2.35. The Labute approximate surface area is 70.8 Å². The zero-order valence-corrected chi connectivity index (χ0v) is 7.84. The Morgan fingerprint density at radius 3 is 2.64 bits per heavy atom. The second kappa shape index (κ2) is 4.76. The van der Waals surface area contributed by atoms with E-state index in [1.165, 1.54) is 38.5 Å². The second-order valence-electron chi connectivity index (χ2n) is 3.57. The van der Waals surface area contributed by atoms with Gasteiger partial charge >= 0.3 is 0 Å². The van der Waals surface area contributed by atoms with Crippen molar-refractivity contribution in [1.29, 1.82) is 0 Å². The van der Waals surface area contributed by atoms with Crippen molar-refractivity contribution in [1.82, 2.24) is 4.90 Å². The maximum Gasteiger partial charge on any atom is 0.0251 e. The molecular formula is C10H20N. The smallest absolute Gasteiger partial charge is 0.0251 e. The van der Waals surface area contributed by atoms with Crippen LogP contribution in [-0.4, -0.2) is 18.0 Å². The molecule has 1 heteroatoms. The van der Waals surface area contributed by atoms with E-state index in [9.17, 15) is 0 Å². The van der Waals surface area contributed by atoms with E-state index >= 15 is 0 Å². The van der Waals surface area contributed by atoms with Gasteiger partial charge in [0.05, 0.1) is 0 Å². The lowest BCUT2D eigenvalue weighted by atomic mass is 10.2. The highest BCUT2D eigenvalue weighted by molar-refractivity contribution is 4.85. The van der Waals surface area contributed by atoms with Crippen molar-refractivity contribution in [2.45, 2.75) is 51.5 Å². The molecule has 0 heterocycles. The van der Waals surface area contributed by atoms with Crippen LogP contribution in [0, 0.1) is 6.54 Å². The summed E-state index contributed by atoms with van der Waals surface area (Å²) in [5, 5.41) is 0. The summed E-state index contributed by atoms with van der Waals surface area (Å²) in [4.78, 5) is 2.40. The highest BCUT2D eigenvalue weighted by Gasteiger charge is 2.25. The minimum Gasteiger partial charge on any atom is -0.299 e. The minimum absolute atomic E-state index is 0.900. The molecule has 0 spiro atoms. The zero-order chi connectivity index (χ0) is 8.10. The number of rotatable bonds is 6. The summed E-state index contributed by atoms with van der Waals surface area (Å²) in [5.74, 6) is 0. The molecule has 0 unspecified atom stereocenters. The maximum atomic E-state index is 2.40. The standard InChI is InChI=1S/C10H20N/c1-3-4-5-6-9-11(2)10-7-8-10/h9-10H,3-8H2,1-2H3. The van der Waals surface area contributed by atoms with E-state index in [2.05, 4.69) is 25.4 Å². The molecule has 0 aromatic rings. The summed E-state index contributed by atoms with van der Waals surface area (Å²) in [6.07, 6.45) is 8.20. The van der Waals surface area contributed by atoms with E-state index in [0.29, 0.717) is 0 Å². The minimum atomic E-state index is 0.900. The Morgan fingerprint density at radius 1 is 1.36 bits per heavy atom. The van der Waals surface area contributed by atoms with Crippen LogP contribution in [0.2, 0.25) is 0 Å². The van der Waals surface area contributed by atoms with Crippen LogP contribution < -0.4 is 0 Å². The molecule has 1 aliphatic rings. The van der Waals surface area contributed by atoms with Gasteiger partial charge in [-0.2, -0.15) is 0 Å². The molecule has 0 atom stereocenters. The van der Waals surface area contributed by atoms with Gasteiger partial charge in [0.1, 0.15) is 0 Å². The maximum absolute atomic E-state index is 2.40. The van der Waals surface area contributed by atoms with Gasteiger partial charge < -0.3 is 0 Å². The summed E-state index contributed by atoms with van der Waals surface area (Å²) in [5.41, 5.74) is 0. The van der Waals surface area contributed by atoms with Gasteiger partial charge in [0, 0.05) is 12.6 Å². The van der Waals surface area contributed by atoms with Gasteiger partial charge in [0.25, 0.3) is 0 Å². The predicted molar refractivity (Wildman–Crippen MR) is 49.2 cm³/mol. The van der Waals surface area contributed by atoms with E-state index < -0.39 is 0 Å². The first-order valence-corrected chi connectivity index (χ1v) is 4.90. The van der Waals surface area contributed by atoms with Gasteiger partial charge in [-0.1, -0.05) is 26.2 Å². The third-order valence-electron chi connectivity index (χ3n) is 2.35. The molecule has 0 bridgehead atoms. The number of hydrogen-bond donors (Lipinski definition) is 0. The summed E-state index contributed by atoms with van der Waals surface area (Å²) < 4.78 is 0. The summed E-state index contributed by atoms with van der Waals surface area (Å²) in [6.45, 7) is 4.62. The van der Waals surface area contributed by atoms with Crippen LogP contribution in [0.1, 0.15) is 45.4 Å². The van der Waals surface area contributed by atoms with Crippen LogP contribution >= 0.6 is 0 Å². The molecule has 1 nitrogen and oxygen atoms in total. The van der Waals surface area contributed by atoms with E-state index in [1.807, 2.05) is 0 Å². The largest absolute Gasteiger partial charge is 0.299 e. The third kappa shape index (κ3) is 3.76. The first-order chi connectivity index (χ1) is 5.34. The molecule has 0 aromatic carbocycles. The summed E-state index contributed by atoms with van der Waals surface area (Å²) >= 11 is 0. The molecule has 1 radical (unpaired) electrons. The predicted octanol–water partition coefficient (Wildman–Crippen LogP) is 2.82. The molecule has 0 N–H and O–H groups in total. The number of unbranched alkanes of at least 4 members (excludes halogenated alkanes) is 3. The highest BCUT2D eigenvalue weighted by Crippen LogP contribution is 2.26. The van der Waals surface area contributed by atoms with Gasteiger partial charge in [-0.05, 0) is 26.3 Å². The monoisotopic (exact) mass is 154 g/mol. The van der Waals surface area contributed by atoms with Crippen molar-refractivity contribution >= 4 is 0 Å². The van der Waals surface area contributed by atoms with Crippen LogP contribution in [0.15, 0.2) is 0 Å². The first-order valence-electron chi connectivity index (χ1n) is 4.90. The first kappa shape index (κ1) is 9.05. The van der Waals surface area contributed by atoms with Crippen molar-refractivity contribution in [3.05, 3.63) is 6.54 Å². The number of hydrogen-bond acceptors (Lipinski definition) is 1. The highest BCUT2D eigenvalue weighted by atomic mass is 15.1. The molecular weight excluding hydrogens is 134 g/mol. The molecule has 0 saturated heterocycles. The Morgan fingerprint density at radius 2 is 2.09 bits per heavy atom. The molecule has 0 aliphatic heterocycles. The van der Waals surface area contributed by atoms with Crippen LogP contribution in [0.25, 0.3) is 0 Å². The second-order valence-corrected chi connectivity index (χ2v) is 3.57. The molecule has 0 aromatic heterocycles. The van der Waals surface area contributed by atoms with Gasteiger partial charge in [0.2, 0.25) is 0 Å². The van der Waals surface area contributed by atoms with Gasteiger partial charge in [-0.15, -0.1) is 0 Å². The average molecular weight is 154 g/mol. The van der Waals surface area contributed by atoms with E-state index in [0.717, 1.165) is 6.04 Å². The molecule has 1 rings (SSSR count). The molecule has 1 aliphatic carbocycles. The van der Waals surface area contributed by atoms with E-state index in [-0.39, 0.29) is 0 Å². The van der Waals surface area contributed by atoms with Crippen molar-refractivity contribution < 1.29 is 0 Å². The average Bonchev–Trinajstić information content (AvgIpc) is 2.79. The normalized spacial score (nSPS) is 17.7. The van der Waals surface area contributed by atoms with Gasteiger partial charge in [-0.3, -0.25) is 4.90 Å². The Kier molecular flexibility index (Phi) is 3.92. The quantitative estimate of drug-likeness (QED) is 0.532.